The minimum absolute atomic E-state index is 0. The van der Waals surface area contributed by atoms with E-state index in [-0.39, 0.29) is 36.8 Å². The largest absolute Gasteiger partial charge is 0.350 e. The number of anilines is 1. The van der Waals surface area contributed by atoms with E-state index < -0.39 is 0 Å². The van der Waals surface area contributed by atoms with Gasteiger partial charge in [0.25, 0.3) is 5.91 Å². The summed E-state index contributed by atoms with van der Waals surface area (Å²) in [5, 5.41) is 5.44. The van der Waals surface area contributed by atoms with Crippen LogP contribution in [0.2, 0.25) is 0 Å². The first-order valence-corrected chi connectivity index (χ1v) is 5.85. The molecule has 0 fully saturated rings. The van der Waals surface area contributed by atoms with Crippen LogP contribution in [-0.2, 0) is 4.79 Å². The van der Waals surface area contributed by atoms with E-state index >= 15 is 0 Å². The number of nitrogens with one attached hydrogen (secondary N) is 2. The molecule has 0 aromatic heterocycles. The van der Waals surface area contributed by atoms with Gasteiger partial charge in [-0.15, -0.1) is 12.4 Å². The van der Waals surface area contributed by atoms with Crippen LogP contribution in [0.15, 0.2) is 18.2 Å². The van der Waals surface area contributed by atoms with Gasteiger partial charge in [-0.3, -0.25) is 9.59 Å². The van der Waals surface area contributed by atoms with Gasteiger partial charge < -0.3 is 16.4 Å². The number of nitrogens with two attached hydrogens (primary N) is 1. The molecule has 5 nitrogen and oxygen atoms in total. The van der Waals surface area contributed by atoms with Crippen LogP contribution in [0.3, 0.4) is 0 Å². The summed E-state index contributed by atoms with van der Waals surface area (Å²) in [5.74, 6) is -0.430. The lowest BCUT2D eigenvalue weighted by atomic mass is 10.1. The third-order valence-electron chi connectivity index (χ3n) is 2.37. The van der Waals surface area contributed by atoms with Gasteiger partial charge in [-0.05, 0) is 38.5 Å². The van der Waals surface area contributed by atoms with E-state index in [0.717, 1.165) is 5.56 Å². The van der Waals surface area contributed by atoms with E-state index in [0.29, 0.717) is 11.3 Å². The zero-order valence-electron chi connectivity index (χ0n) is 11.3. The molecule has 0 spiro atoms. The highest BCUT2D eigenvalue weighted by Gasteiger charge is 2.11. The van der Waals surface area contributed by atoms with E-state index in [2.05, 4.69) is 10.6 Å². The molecule has 0 unspecified atom stereocenters. The first kappa shape index (κ1) is 17.4. The number of hydrogen-bond acceptors (Lipinski definition) is 3. The molecule has 1 aromatic carbocycles. The van der Waals surface area contributed by atoms with Crippen molar-refractivity contribution in [2.75, 3.05) is 11.9 Å². The highest BCUT2D eigenvalue weighted by molar-refractivity contribution is 5.98. The molecule has 4 N–H and O–H groups in total. The van der Waals surface area contributed by atoms with E-state index in [1.165, 1.54) is 0 Å². The van der Waals surface area contributed by atoms with Crippen LogP contribution in [0.5, 0.6) is 0 Å². The van der Waals surface area contributed by atoms with Crippen molar-refractivity contribution >= 4 is 29.9 Å². The summed E-state index contributed by atoms with van der Waals surface area (Å²) in [7, 11) is 0. The molecule has 0 atom stereocenters. The van der Waals surface area contributed by atoms with Crippen LogP contribution in [0.1, 0.15) is 29.8 Å². The molecule has 106 valence electrons. The Morgan fingerprint density at radius 2 is 1.95 bits per heavy atom. The van der Waals surface area contributed by atoms with Gasteiger partial charge >= 0.3 is 0 Å². The number of hydrogen-bond donors (Lipinski definition) is 3. The monoisotopic (exact) mass is 285 g/mol. The average molecular weight is 286 g/mol. The predicted molar refractivity (Wildman–Crippen MR) is 78.7 cm³/mol. The fourth-order valence-electron chi connectivity index (χ4n) is 1.50. The fraction of sp³-hybridized carbons (Fsp3) is 0.385. The second-order valence-corrected chi connectivity index (χ2v) is 4.41. The van der Waals surface area contributed by atoms with E-state index in [1.807, 2.05) is 20.8 Å². The van der Waals surface area contributed by atoms with Crippen molar-refractivity contribution in [2.24, 2.45) is 5.73 Å². The summed E-state index contributed by atoms with van der Waals surface area (Å²) in [5.41, 5.74) is 7.21. The molecule has 19 heavy (non-hydrogen) atoms. The Morgan fingerprint density at radius 3 is 2.47 bits per heavy atom. The van der Waals surface area contributed by atoms with Crippen molar-refractivity contribution in [2.45, 2.75) is 26.8 Å². The number of halogens is 1. The van der Waals surface area contributed by atoms with E-state index in [9.17, 15) is 9.59 Å². The van der Waals surface area contributed by atoms with Crippen LogP contribution < -0.4 is 16.4 Å². The molecule has 6 heteroatoms. The van der Waals surface area contributed by atoms with E-state index in [4.69, 9.17) is 5.73 Å². The number of carbonyl (C=O) groups excluding carboxylic acids is 2. The second-order valence-electron chi connectivity index (χ2n) is 4.41. The van der Waals surface area contributed by atoms with Crippen LogP contribution >= 0.6 is 12.4 Å². The van der Waals surface area contributed by atoms with Gasteiger partial charge in [0.1, 0.15) is 0 Å². The number of benzene rings is 1. The molecular weight excluding hydrogens is 266 g/mol. The fourth-order valence-corrected chi connectivity index (χ4v) is 1.50. The van der Waals surface area contributed by atoms with Crippen molar-refractivity contribution in [3.63, 3.8) is 0 Å². The third-order valence-corrected chi connectivity index (χ3v) is 2.37. The van der Waals surface area contributed by atoms with Crippen molar-refractivity contribution < 1.29 is 9.59 Å². The van der Waals surface area contributed by atoms with E-state index in [1.54, 1.807) is 18.2 Å². The molecule has 0 aliphatic rings. The maximum Gasteiger partial charge on any atom is 0.251 e. The number of carbonyl (C=O) groups is 2. The third kappa shape index (κ3) is 5.28. The molecule has 1 rings (SSSR count). The number of aryl methyl sites for hydroxylation is 1. The first-order valence-electron chi connectivity index (χ1n) is 5.85. The van der Waals surface area contributed by atoms with Gasteiger partial charge in [0, 0.05) is 17.3 Å². The number of rotatable bonds is 4. The molecule has 0 aliphatic carbocycles. The van der Waals surface area contributed by atoms with Gasteiger partial charge in [-0.25, -0.2) is 0 Å². The van der Waals surface area contributed by atoms with Gasteiger partial charge in [0.15, 0.2) is 0 Å². The lowest BCUT2D eigenvalue weighted by Gasteiger charge is -2.12. The topological polar surface area (TPSA) is 84.2 Å². The molecular formula is C13H20ClN3O2. The Balaban J connectivity index is 0.00000324. The average Bonchev–Trinajstić information content (AvgIpc) is 2.30. The van der Waals surface area contributed by atoms with Gasteiger partial charge in [0.2, 0.25) is 5.91 Å². The molecule has 0 saturated heterocycles. The van der Waals surface area contributed by atoms with Gasteiger partial charge in [-0.1, -0.05) is 6.07 Å². The summed E-state index contributed by atoms with van der Waals surface area (Å²) in [6.45, 7) is 5.56. The van der Waals surface area contributed by atoms with Crippen molar-refractivity contribution in [1.82, 2.24) is 5.32 Å². The SMILES string of the molecule is Cc1ccc(NC(=O)CN)cc1C(=O)NC(C)C.Cl. The van der Waals surface area contributed by atoms with Gasteiger partial charge in [0.05, 0.1) is 6.54 Å². The second kappa shape index (κ2) is 7.76. The quantitative estimate of drug-likeness (QED) is 0.783. The summed E-state index contributed by atoms with van der Waals surface area (Å²) in [6, 6.07) is 5.26. The summed E-state index contributed by atoms with van der Waals surface area (Å²) in [6.07, 6.45) is 0. The van der Waals surface area contributed by atoms with Crippen LogP contribution in [-0.4, -0.2) is 24.4 Å². The summed E-state index contributed by atoms with van der Waals surface area (Å²) < 4.78 is 0. The van der Waals surface area contributed by atoms with Gasteiger partial charge in [-0.2, -0.15) is 0 Å². The first-order chi connectivity index (χ1) is 8.43. The minimum atomic E-state index is -0.283. The minimum Gasteiger partial charge on any atom is -0.350 e. The maximum atomic E-state index is 11.9. The molecule has 0 radical (unpaired) electrons. The maximum absolute atomic E-state index is 11.9. The Hall–Kier alpha value is -1.59. The smallest absolute Gasteiger partial charge is 0.251 e. The Kier molecular flexibility index (Phi) is 7.11. The molecule has 2 amide bonds. The molecule has 1 aromatic rings. The Labute approximate surface area is 119 Å². The zero-order chi connectivity index (χ0) is 13.7. The zero-order valence-corrected chi connectivity index (χ0v) is 12.1. The van der Waals surface area contributed by atoms with Crippen molar-refractivity contribution in [3.8, 4) is 0 Å². The highest BCUT2D eigenvalue weighted by Crippen LogP contribution is 2.15. The molecule has 0 saturated carbocycles. The van der Waals surface area contributed by atoms with Crippen molar-refractivity contribution in [3.05, 3.63) is 29.3 Å². The summed E-state index contributed by atoms with van der Waals surface area (Å²) in [4.78, 5) is 23.1. The normalized spacial score (nSPS) is 9.74. The Morgan fingerprint density at radius 1 is 1.32 bits per heavy atom. The Bertz CT molecular complexity index is 461. The lowest BCUT2D eigenvalue weighted by Crippen LogP contribution is -2.30. The van der Waals surface area contributed by atoms with Crippen LogP contribution in [0.25, 0.3) is 0 Å². The van der Waals surface area contributed by atoms with Crippen LogP contribution in [0, 0.1) is 6.92 Å². The predicted octanol–water partition coefficient (Wildman–Crippen LogP) is 1.45. The molecule has 0 heterocycles. The summed E-state index contributed by atoms with van der Waals surface area (Å²) >= 11 is 0. The standard InChI is InChI=1S/C13H19N3O2.ClH/c1-8(2)15-13(18)11-6-10(5-4-9(11)3)16-12(17)7-14;/h4-6,8H,7,14H2,1-3H3,(H,15,18)(H,16,17);1H. The van der Waals surface area contributed by atoms with Crippen LogP contribution in [0.4, 0.5) is 5.69 Å². The highest BCUT2D eigenvalue weighted by atomic mass is 35.5. The number of amides is 2. The molecule has 0 bridgehead atoms. The molecule has 0 aliphatic heterocycles. The lowest BCUT2D eigenvalue weighted by molar-refractivity contribution is -0.114. The van der Waals surface area contributed by atoms with Crippen molar-refractivity contribution in [1.29, 1.82) is 0 Å².